The van der Waals surface area contributed by atoms with Crippen LogP contribution in [0, 0.1) is 6.92 Å². The molecule has 0 aromatic heterocycles. The summed E-state index contributed by atoms with van der Waals surface area (Å²) in [6.07, 6.45) is 0.719. The van der Waals surface area contributed by atoms with E-state index in [2.05, 4.69) is 25.2 Å². The van der Waals surface area contributed by atoms with Crippen LogP contribution < -0.4 is 9.92 Å². The van der Waals surface area contributed by atoms with Gasteiger partial charge in [-0.3, -0.25) is 4.18 Å². The van der Waals surface area contributed by atoms with Gasteiger partial charge in [0, 0.05) is 0 Å². The molecule has 0 aliphatic carbocycles. The fourth-order valence-corrected chi connectivity index (χ4v) is 5.97. The highest BCUT2D eigenvalue weighted by Crippen LogP contribution is 2.17. The quantitative estimate of drug-likeness (QED) is 0.399. The first kappa shape index (κ1) is 19.7. The fraction of sp³-hybridized carbons (Fsp3) is 0.368. The standard InChI is InChI=1S/C19H26O4SSi/c1-16-6-10-18(11-7-16)24(20,21)23-14-5-15-25(3,4)19-12-8-17(22-2)9-13-19/h6-13H,5,14-15H2,1-4H3. The molecule has 4 nitrogen and oxygen atoms in total. The molecule has 2 aromatic rings. The number of hydrogen-bond acceptors (Lipinski definition) is 4. The van der Waals surface area contributed by atoms with Crippen LogP contribution >= 0.6 is 0 Å². The molecule has 0 saturated heterocycles. The van der Waals surface area contributed by atoms with Gasteiger partial charge >= 0.3 is 0 Å². The molecule has 0 aliphatic rings. The molecule has 25 heavy (non-hydrogen) atoms. The van der Waals surface area contributed by atoms with Crippen molar-refractivity contribution in [2.45, 2.75) is 37.4 Å². The third kappa shape index (κ3) is 5.42. The van der Waals surface area contributed by atoms with Crippen molar-refractivity contribution in [3.05, 3.63) is 54.1 Å². The highest BCUT2D eigenvalue weighted by atomic mass is 32.2. The maximum atomic E-state index is 12.2. The Morgan fingerprint density at radius 2 is 1.56 bits per heavy atom. The van der Waals surface area contributed by atoms with Crippen LogP contribution in [0.2, 0.25) is 19.1 Å². The van der Waals surface area contributed by atoms with E-state index in [1.54, 1.807) is 31.4 Å². The van der Waals surface area contributed by atoms with Crippen LogP contribution in [0.3, 0.4) is 0 Å². The fourth-order valence-electron chi connectivity index (χ4n) is 2.64. The molecule has 0 aliphatic heterocycles. The van der Waals surface area contributed by atoms with E-state index in [4.69, 9.17) is 8.92 Å². The third-order valence-corrected chi connectivity index (χ3v) is 9.19. The number of ether oxygens (including phenoxy) is 1. The Bertz CT molecular complexity index is 781. The van der Waals surface area contributed by atoms with Crippen molar-refractivity contribution >= 4 is 23.4 Å². The Hall–Kier alpha value is -1.63. The second-order valence-electron chi connectivity index (χ2n) is 6.81. The van der Waals surface area contributed by atoms with Gasteiger partial charge in [0.05, 0.1) is 26.7 Å². The average molecular weight is 379 g/mol. The number of rotatable bonds is 8. The van der Waals surface area contributed by atoms with E-state index in [1.807, 2.05) is 19.1 Å². The molecular weight excluding hydrogens is 352 g/mol. The predicted octanol–water partition coefficient (Wildman–Crippen LogP) is 3.71. The van der Waals surface area contributed by atoms with Crippen molar-refractivity contribution in [1.82, 2.24) is 0 Å². The van der Waals surface area contributed by atoms with E-state index in [1.165, 1.54) is 5.19 Å². The molecule has 6 heteroatoms. The molecule has 0 spiro atoms. The molecular formula is C19H26O4SSi. The van der Waals surface area contributed by atoms with Gasteiger partial charge in [-0.25, -0.2) is 0 Å². The van der Waals surface area contributed by atoms with Crippen molar-refractivity contribution in [3.63, 3.8) is 0 Å². The first-order valence-electron chi connectivity index (χ1n) is 8.35. The zero-order valence-electron chi connectivity index (χ0n) is 15.3. The summed E-state index contributed by atoms with van der Waals surface area (Å²) in [6, 6.07) is 15.8. The Balaban J connectivity index is 1.89. The number of hydrogen-bond donors (Lipinski definition) is 0. The maximum Gasteiger partial charge on any atom is 0.296 e. The topological polar surface area (TPSA) is 52.6 Å². The molecule has 0 fully saturated rings. The second-order valence-corrected chi connectivity index (χ2v) is 13.3. The largest absolute Gasteiger partial charge is 0.497 e. The summed E-state index contributed by atoms with van der Waals surface area (Å²) in [5.41, 5.74) is 1.02. The lowest BCUT2D eigenvalue weighted by molar-refractivity contribution is 0.317. The normalized spacial score (nSPS) is 12.2. The lowest BCUT2D eigenvalue weighted by Crippen LogP contribution is -2.41. The van der Waals surface area contributed by atoms with Gasteiger partial charge in [-0.1, -0.05) is 54.2 Å². The molecule has 0 saturated carbocycles. The van der Waals surface area contributed by atoms with Gasteiger partial charge in [-0.05, 0) is 37.6 Å². The highest BCUT2D eigenvalue weighted by Gasteiger charge is 2.23. The highest BCUT2D eigenvalue weighted by molar-refractivity contribution is 7.86. The van der Waals surface area contributed by atoms with E-state index in [9.17, 15) is 8.42 Å². The Morgan fingerprint density at radius 1 is 0.960 bits per heavy atom. The lowest BCUT2D eigenvalue weighted by atomic mass is 10.2. The summed E-state index contributed by atoms with van der Waals surface area (Å²) < 4.78 is 34.8. The number of benzene rings is 2. The number of aryl methyl sites for hydroxylation is 1. The van der Waals surface area contributed by atoms with Gasteiger partial charge in [0.1, 0.15) is 5.75 Å². The summed E-state index contributed by atoms with van der Waals surface area (Å²) in [5.74, 6) is 0.848. The summed E-state index contributed by atoms with van der Waals surface area (Å²) in [5, 5.41) is 1.33. The van der Waals surface area contributed by atoms with Crippen LogP contribution in [-0.4, -0.2) is 30.2 Å². The minimum atomic E-state index is -3.67. The van der Waals surface area contributed by atoms with Gasteiger partial charge in [0.2, 0.25) is 0 Å². The molecule has 0 N–H and O–H groups in total. The van der Waals surface area contributed by atoms with Crippen LogP contribution in [0.25, 0.3) is 0 Å². The Labute approximate surface area is 151 Å². The van der Waals surface area contributed by atoms with Crippen molar-refractivity contribution in [2.75, 3.05) is 13.7 Å². The predicted molar refractivity (Wildman–Crippen MR) is 104 cm³/mol. The van der Waals surface area contributed by atoms with E-state index in [0.29, 0.717) is 0 Å². The smallest absolute Gasteiger partial charge is 0.296 e. The van der Waals surface area contributed by atoms with Crippen LogP contribution in [0.1, 0.15) is 12.0 Å². The zero-order chi connectivity index (χ0) is 18.5. The van der Waals surface area contributed by atoms with Gasteiger partial charge in [0.15, 0.2) is 0 Å². The van der Waals surface area contributed by atoms with Gasteiger partial charge < -0.3 is 4.74 Å². The summed E-state index contributed by atoms with van der Waals surface area (Å²) in [4.78, 5) is 0.213. The summed E-state index contributed by atoms with van der Waals surface area (Å²) >= 11 is 0. The molecule has 0 bridgehead atoms. The van der Waals surface area contributed by atoms with Crippen LogP contribution in [0.15, 0.2) is 53.4 Å². The van der Waals surface area contributed by atoms with Crippen molar-refractivity contribution in [2.24, 2.45) is 0 Å². The molecule has 2 aromatic carbocycles. The van der Waals surface area contributed by atoms with E-state index < -0.39 is 18.2 Å². The zero-order valence-corrected chi connectivity index (χ0v) is 17.1. The lowest BCUT2D eigenvalue weighted by Gasteiger charge is -2.23. The van der Waals surface area contributed by atoms with E-state index >= 15 is 0 Å². The van der Waals surface area contributed by atoms with Gasteiger partial charge in [0.25, 0.3) is 10.1 Å². The van der Waals surface area contributed by atoms with Gasteiger partial charge in [-0.15, -0.1) is 0 Å². The summed E-state index contributed by atoms with van der Waals surface area (Å²) in [6.45, 7) is 6.69. The van der Waals surface area contributed by atoms with Crippen LogP contribution in [0.5, 0.6) is 5.75 Å². The molecule has 2 rings (SSSR count). The van der Waals surface area contributed by atoms with Crippen molar-refractivity contribution < 1.29 is 17.3 Å². The Kier molecular flexibility index (Phi) is 6.43. The minimum Gasteiger partial charge on any atom is -0.497 e. The molecule has 0 amide bonds. The third-order valence-electron chi connectivity index (χ3n) is 4.37. The Morgan fingerprint density at radius 3 is 2.12 bits per heavy atom. The molecule has 0 radical (unpaired) electrons. The SMILES string of the molecule is COc1ccc([Si](C)(C)CCCOS(=O)(=O)c2ccc(C)cc2)cc1. The molecule has 0 unspecified atom stereocenters. The van der Waals surface area contributed by atoms with Crippen molar-refractivity contribution in [1.29, 1.82) is 0 Å². The minimum absolute atomic E-state index is 0.211. The number of methoxy groups -OCH3 is 1. The van der Waals surface area contributed by atoms with E-state index in [-0.39, 0.29) is 11.5 Å². The van der Waals surface area contributed by atoms with Crippen LogP contribution in [0.4, 0.5) is 0 Å². The molecule has 136 valence electrons. The summed E-state index contributed by atoms with van der Waals surface area (Å²) in [7, 11) is -3.64. The van der Waals surface area contributed by atoms with Crippen molar-refractivity contribution in [3.8, 4) is 5.75 Å². The van der Waals surface area contributed by atoms with Gasteiger partial charge in [-0.2, -0.15) is 8.42 Å². The first-order chi connectivity index (χ1) is 11.7. The first-order valence-corrected chi connectivity index (χ1v) is 13.0. The molecule has 0 atom stereocenters. The van der Waals surface area contributed by atoms with Crippen LogP contribution in [-0.2, 0) is 14.3 Å². The molecule has 0 heterocycles. The maximum absolute atomic E-state index is 12.2. The van der Waals surface area contributed by atoms with E-state index in [0.717, 1.165) is 23.8 Å². The second kappa shape index (κ2) is 8.16. The monoisotopic (exact) mass is 378 g/mol. The average Bonchev–Trinajstić information content (AvgIpc) is 2.59.